The fourth-order valence-corrected chi connectivity index (χ4v) is 0.739. The Hall–Kier alpha value is -0.0651. The SMILES string of the molecule is B=C(C)C(C)C(C)(C)C. The van der Waals surface area contributed by atoms with Crippen molar-refractivity contribution in [2.75, 3.05) is 0 Å². The summed E-state index contributed by atoms with van der Waals surface area (Å²) < 4.78 is 0. The monoisotopic (exact) mass is 124 g/mol. The van der Waals surface area contributed by atoms with E-state index in [4.69, 9.17) is 0 Å². The van der Waals surface area contributed by atoms with Crippen LogP contribution in [0.25, 0.3) is 0 Å². The van der Waals surface area contributed by atoms with Crippen LogP contribution in [0, 0.1) is 11.3 Å². The van der Waals surface area contributed by atoms with Crippen LogP contribution >= 0.6 is 0 Å². The molecule has 0 aliphatic rings. The van der Waals surface area contributed by atoms with Gasteiger partial charge in [-0.05, 0) is 0 Å². The minimum atomic E-state index is 0.381. The van der Waals surface area contributed by atoms with Crippen molar-refractivity contribution < 1.29 is 0 Å². The van der Waals surface area contributed by atoms with Crippen molar-refractivity contribution in [3.8, 4) is 0 Å². The van der Waals surface area contributed by atoms with E-state index in [0.29, 0.717) is 11.3 Å². The van der Waals surface area contributed by atoms with Gasteiger partial charge in [0, 0.05) is 0 Å². The summed E-state index contributed by atoms with van der Waals surface area (Å²) in [5.74, 6) is 0.623. The first-order chi connectivity index (χ1) is 3.85. The molecule has 0 aliphatic heterocycles. The van der Waals surface area contributed by atoms with Crippen LogP contribution in [0.3, 0.4) is 0 Å². The van der Waals surface area contributed by atoms with Crippen LogP contribution in [0.15, 0.2) is 0 Å². The average Bonchev–Trinajstić information content (AvgIpc) is 1.62. The van der Waals surface area contributed by atoms with Crippen molar-refractivity contribution in [3.05, 3.63) is 0 Å². The fourth-order valence-electron chi connectivity index (χ4n) is 0.739. The van der Waals surface area contributed by atoms with Gasteiger partial charge in [-0.2, -0.15) is 0 Å². The molecule has 0 fully saturated rings. The first kappa shape index (κ1) is 8.93. The van der Waals surface area contributed by atoms with E-state index in [2.05, 4.69) is 42.1 Å². The summed E-state index contributed by atoms with van der Waals surface area (Å²) >= 11 is 0. The van der Waals surface area contributed by atoms with Gasteiger partial charge in [-0.3, -0.25) is 0 Å². The van der Waals surface area contributed by atoms with Crippen LogP contribution in [0.1, 0.15) is 34.6 Å². The molecule has 0 aromatic heterocycles. The first-order valence-electron chi connectivity index (χ1n) is 3.51. The Morgan fingerprint density at radius 3 is 1.67 bits per heavy atom. The van der Waals surface area contributed by atoms with Crippen LogP contribution in [-0.4, -0.2) is 13.0 Å². The van der Waals surface area contributed by atoms with Crippen LogP contribution < -0.4 is 0 Å². The van der Waals surface area contributed by atoms with E-state index in [1.54, 1.807) is 0 Å². The van der Waals surface area contributed by atoms with E-state index in [1.165, 1.54) is 5.46 Å². The molecule has 0 spiro atoms. The second-order valence-electron chi connectivity index (χ2n) is 3.93. The molecule has 52 valence electrons. The van der Waals surface area contributed by atoms with Crippen molar-refractivity contribution in [3.63, 3.8) is 0 Å². The summed E-state index contributed by atoms with van der Waals surface area (Å²) in [6.07, 6.45) is 0. The van der Waals surface area contributed by atoms with E-state index in [-0.39, 0.29) is 0 Å². The van der Waals surface area contributed by atoms with Crippen LogP contribution in [0.2, 0.25) is 0 Å². The molecule has 0 amide bonds. The maximum atomic E-state index is 3.92. The third-order valence-corrected chi connectivity index (χ3v) is 2.04. The van der Waals surface area contributed by atoms with Crippen molar-refractivity contribution in [2.24, 2.45) is 11.3 Å². The van der Waals surface area contributed by atoms with Crippen molar-refractivity contribution >= 4 is 13.0 Å². The summed E-state index contributed by atoms with van der Waals surface area (Å²) in [4.78, 5) is 0. The maximum absolute atomic E-state index is 3.92. The zero-order valence-electron chi connectivity index (χ0n) is 7.28. The molecule has 9 heavy (non-hydrogen) atoms. The second kappa shape index (κ2) is 2.68. The molecular formula is C8H17B. The average molecular weight is 124 g/mol. The summed E-state index contributed by atoms with van der Waals surface area (Å²) in [7, 11) is 3.92. The summed E-state index contributed by atoms with van der Waals surface area (Å²) in [5, 5.41) is 0. The van der Waals surface area contributed by atoms with Gasteiger partial charge >= 0.3 is 58.9 Å². The van der Waals surface area contributed by atoms with Crippen molar-refractivity contribution in [1.82, 2.24) is 0 Å². The van der Waals surface area contributed by atoms with E-state index >= 15 is 0 Å². The zero-order chi connectivity index (χ0) is 7.65. The molecule has 0 aromatic carbocycles. The molecule has 0 saturated heterocycles. The zero-order valence-corrected chi connectivity index (χ0v) is 7.28. The molecule has 0 rings (SSSR count). The number of rotatable bonds is 1. The topological polar surface area (TPSA) is 0 Å². The van der Waals surface area contributed by atoms with Gasteiger partial charge in [0.05, 0.1) is 0 Å². The third-order valence-electron chi connectivity index (χ3n) is 2.04. The van der Waals surface area contributed by atoms with Gasteiger partial charge < -0.3 is 0 Å². The standard InChI is InChI=1S/C8H17B/c1-6(7(2)9)8(3,4)5/h6,9H,1-5H3. The molecule has 0 saturated carbocycles. The molecular weight excluding hydrogens is 107 g/mol. The normalized spacial score (nSPS) is 15.1. The second-order valence-corrected chi connectivity index (χ2v) is 3.93. The Labute approximate surface area is 59.7 Å². The number of hydrogen-bond acceptors (Lipinski definition) is 0. The Kier molecular flexibility index (Phi) is 2.66. The van der Waals surface area contributed by atoms with E-state index < -0.39 is 0 Å². The molecule has 0 aliphatic carbocycles. The third kappa shape index (κ3) is 2.83. The molecule has 0 nitrogen and oxygen atoms in total. The summed E-state index contributed by atoms with van der Waals surface area (Å²) in [6.45, 7) is 11.0. The van der Waals surface area contributed by atoms with Gasteiger partial charge in [0.15, 0.2) is 0 Å². The Bertz CT molecular complexity index is 108. The van der Waals surface area contributed by atoms with Gasteiger partial charge in [-0.1, -0.05) is 0 Å². The van der Waals surface area contributed by atoms with Gasteiger partial charge in [-0.15, -0.1) is 0 Å². The van der Waals surface area contributed by atoms with Gasteiger partial charge in [0.1, 0.15) is 0 Å². The summed E-state index contributed by atoms with van der Waals surface area (Å²) in [5.41, 5.74) is 1.66. The van der Waals surface area contributed by atoms with Crippen LogP contribution in [0.5, 0.6) is 0 Å². The predicted octanol–water partition coefficient (Wildman–Crippen LogP) is 1.76. The molecule has 1 heteroatoms. The van der Waals surface area contributed by atoms with Gasteiger partial charge in [-0.25, -0.2) is 0 Å². The molecule has 0 N–H and O–H groups in total. The number of hydrogen-bond donors (Lipinski definition) is 0. The molecule has 0 bridgehead atoms. The predicted molar refractivity (Wildman–Crippen MR) is 46.4 cm³/mol. The minimum absolute atomic E-state index is 0.381. The molecule has 0 radical (unpaired) electrons. The fraction of sp³-hybridized carbons (Fsp3) is 0.875. The first-order valence-corrected chi connectivity index (χ1v) is 3.51. The quantitative estimate of drug-likeness (QED) is 0.467. The Morgan fingerprint density at radius 2 is 1.67 bits per heavy atom. The van der Waals surface area contributed by atoms with E-state index in [0.717, 1.165) is 0 Å². The Morgan fingerprint density at radius 1 is 1.33 bits per heavy atom. The van der Waals surface area contributed by atoms with Crippen LogP contribution in [0.4, 0.5) is 0 Å². The summed E-state index contributed by atoms with van der Waals surface area (Å²) in [6, 6.07) is 0. The molecule has 0 heterocycles. The van der Waals surface area contributed by atoms with Crippen molar-refractivity contribution in [1.29, 1.82) is 0 Å². The molecule has 0 aromatic rings. The van der Waals surface area contributed by atoms with E-state index in [9.17, 15) is 0 Å². The molecule has 1 atom stereocenters. The Balaban J connectivity index is 4.04. The van der Waals surface area contributed by atoms with Gasteiger partial charge in [0.2, 0.25) is 0 Å². The van der Waals surface area contributed by atoms with Crippen LogP contribution in [-0.2, 0) is 0 Å². The van der Waals surface area contributed by atoms with Gasteiger partial charge in [0.25, 0.3) is 0 Å². The van der Waals surface area contributed by atoms with E-state index in [1.807, 2.05) is 0 Å². The van der Waals surface area contributed by atoms with Crippen molar-refractivity contribution in [2.45, 2.75) is 34.6 Å². The molecule has 1 unspecified atom stereocenters.